The number of aryl methyl sites for hydroxylation is 1. The molecule has 3 N–H and O–H groups in total. The summed E-state index contributed by atoms with van der Waals surface area (Å²) in [5, 5.41) is 21.5. The van der Waals surface area contributed by atoms with E-state index in [1.807, 2.05) is 0 Å². The summed E-state index contributed by atoms with van der Waals surface area (Å²) < 4.78 is 1.33. The summed E-state index contributed by atoms with van der Waals surface area (Å²) in [4.78, 5) is 32.9. The van der Waals surface area contributed by atoms with Crippen LogP contribution in [0.3, 0.4) is 0 Å². The minimum atomic E-state index is -1.49. The van der Waals surface area contributed by atoms with E-state index in [0.29, 0.717) is 5.69 Å². The molecule has 0 radical (unpaired) electrons. The first-order valence-corrected chi connectivity index (χ1v) is 6.12. The maximum absolute atomic E-state index is 11.5. The number of hydrogen-bond donors (Lipinski definition) is 3. The molecule has 1 aromatic rings. The van der Waals surface area contributed by atoms with Gasteiger partial charge in [-0.15, -0.1) is 0 Å². The summed E-state index contributed by atoms with van der Waals surface area (Å²) in [7, 11) is 0. The van der Waals surface area contributed by atoms with E-state index in [2.05, 4.69) is 5.32 Å². The van der Waals surface area contributed by atoms with Gasteiger partial charge in [0.2, 0.25) is 5.91 Å². The Hall–Kier alpha value is -1.67. The number of amides is 1. The Kier molecular flexibility index (Phi) is 5.05. The quantitative estimate of drug-likeness (QED) is 0.627. The number of nitrogens with zero attached hydrogens (tertiary/aromatic N) is 1. The smallest absolute Gasteiger partial charge is 0.332 e. The van der Waals surface area contributed by atoms with Crippen molar-refractivity contribution in [3.05, 3.63) is 20.7 Å². The molecule has 1 amide bonds. The minimum absolute atomic E-state index is 0.0459. The molecule has 0 aliphatic carbocycles. The lowest BCUT2D eigenvalue weighted by molar-refractivity contribution is -0.147. The molecule has 0 bridgehead atoms. The number of rotatable bonds is 6. The van der Waals surface area contributed by atoms with Crippen molar-refractivity contribution in [3.8, 4) is 0 Å². The number of aliphatic hydroxyl groups is 1. The molecular weight excluding hydrogens is 260 g/mol. The van der Waals surface area contributed by atoms with Crippen LogP contribution in [0.5, 0.6) is 0 Å². The van der Waals surface area contributed by atoms with Crippen LogP contribution in [0.4, 0.5) is 0 Å². The monoisotopic (exact) mass is 274 g/mol. The lowest BCUT2D eigenvalue weighted by atomic mass is 10.2. The fraction of sp³-hybridized carbons (Fsp3) is 0.500. The highest BCUT2D eigenvalue weighted by atomic mass is 32.1. The normalized spacial score (nSPS) is 12.1. The Bertz CT molecular complexity index is 493. The van der Waals surface area contributed by atoms with Gasteiger partial charge in [0.1, 0.15) is 6.54 Å². The third kappa shape index (κ3) is 3.97. The Balaban J connectivity index is 2.39. The second-order valence-electron chi connectivity index (χ2n) is 3.72. The van der Waals surface area contributed by atoms with Crippen LogP contribution in [0, 0.1) is 6.92 Å². The van der Waals surface area contributed by atoms with Crippen molar-refractivity contribution in [2.24, 2.45) is 0 Å². The van der Waals surface area contributed by atoms with Crippen LogP contribution in [0.1, 0.15) is 12.1 Å². The number of aromatic nitrogens is 1. The number of aliphatic hydroxyl groups excluding tert-OH is 1. The SMILES string of the molecule is Cc1csc(=O)n1CC(=O)NCCC(O)C(=O)O. The predicted octanol–water partition coefficient (Wildman–Crippen LogP) is -0.830. The van der Waals surface area contributed by atoms with E-state index in [4.69, 9.17) is 10.2 Å². The van der Waals surface area contributed by atoms with Gasteiger partial charge < -0.3 is 15.5 Å². The van der Waals surface area contributed by atoms with Gasteiger partial charge in [0.15, 0.2) is 6.10 Å². The number of nitrogens with one attached hydrogen (secondary N) is 1. The molecule has 0 fully saturated rings. The van der Waals surface area contributed by atoms with E-state index >= 15 is 0 Å². The molecule has 0 aromatic carbocycles. The van der Waals surface area contributed by atoms with Crippen LogP contribution in [-0.4, -0.2) is 39.3 Å². The molecule has 1 atom stereocenters. The Morgan fingerprint density at radius 3 is 2.72 bits per heavy atom. The van der Waals surface area contributed by atoms with E-state index in [1.54, 1.807) is 12.3 Å². The molecule has 18 heavy (non-hydrogen) atoms. The van der Waals surface area contributed by atoms with E-state index in [0.717, 1.165) is 11.3 Å². The topological polar surface area (TPSA) is 109 Å². The highest BCUT2D eigenvalue weighted by molar-refractivity contribution is 7.07. The number of carboxylic acid groups (broad SMARTS) is 1. The molecular formula is C10H14N2O5S. The third-order valence-electron chi connectivity index (χ3n) is 2.30. The van der Waals surface area contributed by atoms with Crippen molar-refractivity contribution in [1.82, 2.24) is 9.88 Å². The Morgan fingerprint density at radius 2 is 2.22 bits per heavy atom. The van der Waals surface area contributed by atoms with Gasteiger partial charge >= 0.3 is 10.8 Å². The first kappa shape index (κ1) is 14.4. The lowest BCUT2D eigenvalue weighted by Crippen LogP contribution is -2.34. The number of aliphatic carboxylic acids is 1. The van der Waals surface area contributed by atoms with Gasteiger partial charge in [0, 0.05) is 24.0 Å². The molecule has 0 aliphatic heterocycles. The van der Waals surface area contributed by atoms with Crippen LogP contribution in [0.25, 0.3) is 0 Å². The Morgan fingerprint density at radius 1 is 1.56 bits per heavy atom. The molecule has 0 aliphatic rings. The molecule has 1 rings (SSSR count). The van der Waals surface area contributed by atoms with Crippen molar-refractivity contribution in [1.29, 1.82) is 0 Å². The maximum Gasteiger partial charge on any atom is 0.332 e. The van der Waals surface area contributed by atoms with Crippen LogP contribution < -0.4 is 10.2 Å². The zero-order chi connectivity index (χ0) is 13.7. The molecule has 0 spiro atoms. The zero-order valence-electron chi connectivity index (χ0n) is 9.75. The number of thiazole rings is 1. The van der Waals surface area contributed by atoms with Gasteiger partial charge in [-0.2, -0.15) is 0 Å². The molecule has 1 unspecified atom stereocenters. The molecule has 8 heteroatoms. The standard InChI is InChI=1S/C10H14N2O5S/c1-6-5-18-10(17)12(6)4-8(14)11-3-2-7(13)9(15)16/h5,7,13H,2-4H2,1H3,(H,11,14)(H,15,16). The van der Waals surface area contributed by atoms with Crippen molar-refractivity contribution in [2.75, 3.05) is 6.54 Å². The van der Waals surface area contributed by atoms with Crippen LogP contribution in [-0.2, 0) is 16.1 Å². The Labute approximate surface area is 107 Å². The number of carbonyl (C=O) groups is 2. The van der Waals surface area contributed by atoms with Crippen LogP contribution in [0.15, 0.2) is 10.2 Å². The molecule has 100 valence electrons. The highest BCUT2D eigenvalue weighted by Crippen LogP contribution is 1.98. The van der Waals surface area contributed by atoms with Crippen molar-refractivity contribution in [2.45, 2.75) is 26.0 Å². The number of carbonyl (C=O) groups excluding carboxylic acids is 1. The fourth-order valence-corrected chi connectivity index (χ4v) is 2.00. The largest absolute Gasteiger partial charge is 0.479 e. The third-order valence-corrected chi connectivity index (χ3v) is 3.18. The summed E-state index contributed by atoms with van der Waals surface area (Å²) in [5.74, 6) is -1.72. The molecule has 7 nitrogen and oxygen atoms in total. The molecule has 1 aromatic heterocycles. The second kappa shape index (κ2) is 6.31. The van der Waals surface area contributed by atoms with Crippen molar-refractivity contribution >= 4 is 23.2 Å². The van der Waals surface area contributed by atoms with E-state index in [1.165, 1.54) is 4.57 Å². The average Bonchev–Trinajstić information content (AvgIpc) is 2.60. The fourth-order valence-electron chi connectivity index (χ4n) is 1.27. The summed E-state index contributed by atoms with van der Waals surface area (Å²) in [5.41, 5.74) is 0.700. The highest BCUT2D eigenvalue weighted by Gasteiger charge is 2.13. The average molecular weight is 274 g/mol. The number of carboxylic acids is 1. The summed E-state index contributed by atoms with van der Waals surface area (Å²) in [6, 6.07) is 0. The van der Waals surface area contributed by atoms with Gasteiger partial charge in [-0.1, -0.05) is 11.3 Å². The van der Waals surface area contributed by atoms with Gasteiger partial charge in [-0.3, -0.25) is 14.2 Å². The van der Waals surface area contributed by atoms with Crippen molar-refractivity contribution in [3.63, 3.8) is 0 Å². The predicted molar refractivity (Wildman–Crippen MR) is 64.6 cm³/mol. The first-order valence-electron chi connectivity index (χ1n) is 5.24. The summed E-state index contributed by atoms with van der Waals surface area (Å²) in [6.45, 7) is 1.67. The minimum Gasteiger partial charge on any atom is -0.479 e. The second-order valence-corrected chi connectivity index (χ2v) is 4.54. The van der Waals surface area contributed by atoms with E-state index < -0.39 is 18.0 Å². The lowest BCUT2D eigenvalue weighted by Gasteiger charge is -2.08. The number of hydrogen-bond acceptors (Lipinski definition) is 5. The van der Waals surface area contributed by atoms with Gasteiger partial charge in [-0.25, -0.2) is 4.79 Å². The summed E-state index contributed by atoms with van der Waals surface area (Å²) in [6.07, 6.45) is -1.56. The molecule has 0 saturated carbocycles. The summed E-state index contributed by atoms with van der Waals surface area (Å²) >= 11 is 1.02. The van der Waals surface area contributed by atoms with Gasteiger partial charge in [0.25, 0.3) is 0 Å². The molecule has 0 saturated heterocycles. The van der Waals surface area contributed by atoms with Crippen LogP contribution >= 0.6 is 11.3 Å². The van der Waals surface area contributed by atoms with Crippen molar-refractivity contribution < 1.29 is 19.8 Å². The first-order chi connectivity index (χ1) is 8.41. The van der Waals surface area contributed by atoms with Crippen LogP contribution in [0.2, 0.25) is 0 Å². The maximum atomic E-state index is 11.5. The van der Waals surface area contributed by atoms with E-state index in [9.17, 15) is 14.4 Å². The molecule has 1 heterocycles. The zero-order valence-corrected chi connectivity index (χ0v) is 10.6. The van der Waals surface area contributed by atoms with Gasteiger partial charge in [0.05, 0.1) is 0 Å². The van der Waals surface area contributed by atoms with E-state index in [-0.39, 0.29) is 24.4 Å². The van der Waals surface area contributed by atoms with Gasteiger partial charge in [-0.05, 0) is 6.92 Å².